The van der Waals surface area contributed by atoms with E-state index in [-0.39, 0.29) is 23.8 Å². The van der Waals surface area contributed by atoms with Crippen molar-refractivity contribution in [2.24, 2.45) is 0 Å². The molecule has 1 aromatic carbocycles. The van der Waals surface area contributed by atoms with Gasteiger partial charge in [-0.3, -0.25) is 14.9 Å². The van der Waals surface area contributed by atoms with Crippen molar-refractivity contribution in [1.82, 2.24) is 10.2 Å². The van der Waals surface area contributed by atoms with Gasteiger partial charge in [-0.05, 0) is 31.9 Å². The van der Waals surface area contributed by atoms with Gasteiger partial charge in [-0.2, -0.15) is 0 Å². The maximum atomic E-state index is 12.1. The largest absolute Gasteiger partial charge is 0.405 e. The Morgan fingerprint density at radius 3 is 2.55 bits per heavy atom. The van der Waals surface area contributed by atoms with E-state index in [2.05, 4.69) is 15.5 Å². The van der Waals surface area contributed by atoms with Crippen molar-refractivity contribution < 1.29 is 18.7 Å². The third-order valence-electron chi connectivity index (χ3n) is 3.42. The lowest BCUT2D eigenvalue weighted by Crippen LogP contribution is -2.12. The van der Waals surface area contributed by atoms with Crippen molar-refractivity contribution in [1.29, 1.82) is 0 Å². The number of Topliss-reactive ketones (excluding diaryl/α,β-unsaturated/α-hetero) is 1. The van der Waals surface area contributed by atoms with Crippen molar-refractivity contribution in [3.8, 4) is 0 Å². The quantitative estimate of drug-likeness (QED) is 0.871. The highest BCUT2D eigenvalue weighted by Crippen LogP contribution is 2.28. The van der Waals surface area contributed by atoms with Gasteiger partial charge >= 0.3 is 6.01 Å². The van der Waals surface area contributed by atoms with E-state index in [1.54, 1.807) is 24.3 Å². The summed E-state index contributed by atoms with van der Waals surface area (Å²) in [5.74, 6) is -0.0533. The molecular formula is C15H15N3O4. The SMILES string of the molecule is CC(=O)c1ccc(C(=O)Nc2nnc(C3CCCO3)o2)cc1. The molecule has 22 heavy (non-hydrogen) atoms. The topological polar surface area (TPSA) is 94.3 Å². The molecule has 7 heteroatoms. The van der Waals surface area contributed by atoms with E-state index in [0.717, 1.165) is 12.8 Å². The number of aromatic nitrogens is 2. The van der Waals surface area contributed by atoms with Gasteiger partial charge in [-0.25, -0.2) is 0 Å². The van der Waals surface area contributed by atoms with Crippen molar-refractivity contribution in [3.63, 3.8) is 0 Å². The van der Waals surface area contributed by atoms with E-state index in [4.69, 9.17) is 9.15 Å². The number of anilines is 1. The third kappa shape index (κ3) is 3.04. The molecule has 1 unspecified atom stereocenters. The van der Waals surface area contributed by atoms with Gasteiger partial charge in [0.2, 0.25) is 5.89 Å². The number of carbonyl (C=O) groups excluding carboxylic acids is 2. The van der Waals surface area contributed by atoms with Crippen molar-refractivity contribution in [2.75, 3.05) is 11.9 Å². The Morgan fingerprint density at radius 2 is 1.91 bits per heavy atom. The number of hydrogen-bond acceptors (Lipinski definition) is 6. The van der Waals surface area contributed by atoms with Crippen LogP contribution in [-0.2, 0) is 4.74 Å². The summed E-state index contributed by atoms with van der Waals surface area (Å²) in [5, 5.41) is 10.2. The lowest BCUT2D eigenvalue weighted by Gasteiger charge is -2.03. The molecule has 114 valence electrons. The molecule has 0 radical (unpaired) electrons. The molecule has 2 aromatic rings. The number of ether oxygens (including phenoxy) is 1. The predicted octanol–water partition coefficient (Wildman–Crippen LogP) is 2.38. The fourth-order valence-corrected chi connectivity index (χ4v) is 2.21. The number of carbonyl (C=O) groups is 2. The average Bonchev–Trinajstić information content (AvgIpc) is 3.18. The fourth-order valence-electron chi connectivity index (χ4n) is 2.21. The van der Waals surface area contributed by atoms with Crippen LogP contribution >= 0.6 is 0 Å². The monoisotopic (exact) mass is 301 g/mol. The molecular weight excluding hydrogens is 286 g/mol. The summed E-state index contributed by atoms with van der Waals surface area (Å²) in [6, 6.07) is 6.38. The third-order valence-corrected chi connectivity index (χ3v) is 3.42. The molecule has 1 N–H and O–H groups in total. The molecule has 1 fully saturated rings. The molecule has 1 aromatic heterocycles. The zero-order chi connectivity index (χ0) is 15.5. The highest BCUT2D eigenvalue weighted by atomic mass is 16.5. The lowest BCUT2D eigenvalue weighted by molar-refractivity contribution is 0.0893. The molecule has 2 heterocycles. The first-order valence-electron chi connectivity index (χ1n) is 7.01. The summed E-state index contributed by atoms with van der Waals surface area (Å²) in [6.07, 6.45) is 1.60. The Hall–Kier alpha value is -2.54. The van der Waals surface area contributed by atoms with Crippen LogP contribution in [0.2, 0.25) is 0 Å². The van der Waals surface area contributed by atoms with Crippen LogP contribution in [0.4, 0.5) is 6.01 Å². The second-order valence-corrected chi connectivity index (χ2v) is 5.03. The number of rotatable bonds is 4. The molecule has 1 amide bonds. The Bertz CT molecular complexity index is 687. The van der Waals surface area contributed by atoms with Crippen molar-refractivity contribution in [3.05, 3.63) is 41.3 Å². The van der Waals surface area contributed by atoms with Gasteiger partial charge in [0.15, 0.2) is 5.78 Å². The van der Waals surface area contributed by atoms with Crippen molar-refractivity contribution >= 4 is 17.7 Å². The molecule has 1 saturated heterocycles. The number of hydrogen-bond donors (Lipinski definition) is 1. The molecule has 0 saturated carbocycles. The summed E-state index contributed by atoms with van der Waals surface area (Å²) >= 11 is 0. The number of amides is 1. The van der Waals surface area contributed by atoms with Crippen LogP contribution in [0.1, 0.15) is 52.5 Å². The summed E-state index contributed by atoms with van der Waals surface area (Å²) < 4.78 is 10.8. The highest BCUT2D eigenvalue weighted by Gasteiger charge is 2.24. The Balaban J connectivity index is 1.67. The van der Waals surface area contributed by atoms with Crippen molar-refractivity contribution in [2.45, 2.75) is 25.9 Å². The summed E-state index contributed by atoms with van der Waals surface area (Å²) in [5.41, 5.74) is 0.955. The van der Waals surface area contributed by atoms with Crippen LogP contribution in [0.3, 0.4) is 0 Å². The van der Waals surface area contributed by atoms with Crippen LogP contribution in [-0.4, -0.2) is 28.5 Å². The fraction of sp³-hybridized carbons (Fsp3) is 0.333. The normalized spacial score (nSPS) is 17.4. The summed E-state index contributed by atoms with van der Waals surface area (Å²) in [6.45, 7) is 2.15. The maximum absolute atomic E-state index is 12.1. The summed E-state index contributed by atoms with van der Waals surface area (Å²) in [4.78, 5) is 23.3. The van der Waals surface area contributed by atoms with Gasteiger partial charge in [0.05, 0.1) is 0 Å². The minimum absolute atomic E-state index is 0.0335. The Kier molecular flexibility index (Phi) is 3.97. The zero-order valence-corrected chi connectivity index (χ0v) is 12.0. The van der Waals surface area contributed by atoms with E-state index in [1.807, 2.05) is 0 Å². The first-order chi connectivity index (χ1) is 10.6. The van der Waals surface area contributed by atoms with Crippen LogP contribution in [0, 0.1) is 0 Å². The number of benzene rings is 1. The minimum atomic E-state index is -0.377. The van der Waals surface area contributed by atoms with Gasteiger partial charge in [0, 0.05) is 17.7 Å². The van der Waals surface area contributed by atoms with Crippen LogP contribution in [0.25, 0.3) is 0 Å². The van der Waals surface area contributed by atoms with E-state index < -0.39 is 0 Å². The first kappa shape index (κ1) is 14.4. The molecule has 0 bridgehead atoms. The van der Waals surface area contributed by atoms with Gasteiger partial charge in [-0.1, -0.05) is 17.2 Å². The molecule has 3 rings (SSSR count). The molecule has 7 nitrogen and oxygen atoms in total. The maximum Gasteiger partial charge on any atom is 0.322 e. The smallest absolute Gasteiger partial charge is 0.322 e. The number of ketones is 1. The summed E-state index contributed by atoms with van der Waals surface area (Å²) in [7, 11) is 0. The van der Waals surface area contributed by atoms with Gasteiger partial charge in [0.25, 0.3) is 5.91 Å². The van der Waals surface area contributed by atoms with Gasteiger partial charge in [-0.15, -0.1) is 5.10 Å². The second-order valence-electron chi connectivity index (χ2n) is 5.03. The molecule has 0 aliphatic carbocycles. The number of nitrogens with zero attached hydrogens (tertiary/aromatic N) is 2. The van der Waals surface area contributed by atoms with Gasteiger partial charge in [0.1, 0.15) is 6.10 Å². The van der Waals surface area contributed by atoms with E-state index in [0.29, 0.717) is 23.6 Å². The second kappa shape index (κ2) is 6.07. The van der Waals surface area contributed by atoms with E-state index >= 15 is 0 Å². The first-order valence-corrected chi connectivity index (χ1v) is 7.01. The molecule has 1 aliphatic rings. The standard InChI is InChI=1S/C15H15N3O4/c1-9(19)10-4-6-11(7-5-10)13(20)16-15-18-17-14(22-15)12-3-2-8-21-12/h4-7,12H,2-3,8H2,1H3,(H,16,18,20). The minimum Gasteiger partial charge on any atom is -0.405 e. The lowest BCUT2D eigenvalue weighted by atomic mass is 10.1. The van der Waals surface area contributed by atoms with Crippen LogP contribution in [0.15, 0.2) is 28.7 Å². The Labute approximate surface area is 126 Å². The highest BCUT2D eigenvalue weighted by molar-refractivity contribution is 6.04. The Morgan fingerprint density at radius 1 is 1.18 bits per heavy atom. The molecule has 0 spiro atoms. The van der Waals surface area contributed by atoms with Gasteiger partial charge < -0.3 is 9.15 Å². The molecule has 1 atom stereocenters. The number of nitrogens with one attached hydrogen (secondary N) is 1. The predicted molar refractivity (Wildman–Crippen MR) is 76.6 cm³/mol. The van der Waals surface area contributed by atoms with E-state index in [9.17, 15) is 9.59 Å². The average molecular weight is 301 g/mol. The van der Waals surface area contributed by atoms with Crippen LogP contribution in [0.5, 0.6) is 0 Å². The zero-order valence-electron chi connectivity index (χ0n) is 12.0. The van der Waals surface area contributed by atoms with E-state index in [1.165, 1.54) is 6.92 Å². The molecule has 1 aliphatic heterocycles. The van der Waals surface area contributed by atoms with Crippen LogP contribution < -0.4 is 5.32 Å².